The molecule has 15 atom stereocenters. The van der Waals surface area contributed by atoms with Gasteiger partial charge in [0, 0.05) is 121 Å². The van der Waals surface area contributed by atoms with Gasteiger partial charge in [-0.25, -0.2) is 0 Å². The summed E-state index contributed by atoms with van der Waals surface area (Å²) in [5, 5.41) is 112. The number of amides is 8. The summed E-state index contributed by atoms with van der Waals surface area (Å²) in [7, 11) is 1.54. The van der Waals surface area contributed by atoms with Gasteiger partial charge in [-0.15, -0.1) is 0 Å². The molecular formula is C58H104N8O24. The second-order valence-electron chi connectivity index (χ2n) is 23.1. The molecule has 3 aliphatic rings. The van der Waals surface area contributed by atoms with E-state index < -0.39 is 141 Å². The van der Waals surface area contributed by atoms with Crippen LogP contribution in [0.4, 0.5) is 0 Å². The summed E-state index contributed by atoms with van der Waals surface area (Å²) in [6.45, 7) is 4.74. The zero-order valence-corrected chi connectivity index (χ0v) is 52.5. The molecule has 32 nitrogen and oxygen atoms in total. The van der Waals surface area contributed by atoms with Crippen molar-refractivity contribution in [1.82, 2.24) is 42.5 Å². The van der Waals surface area contributed by atoms with Crippen molar-refractivity contribution >= 4 is 47.3 Å². The summed E-state index contributed by atoms with van der Waals surface area (Å²) < 4.78 is 38.6. The summed E-state index contributed by atoms with van der Waals surface area (Å²) in [5.74, 6) is -5.15. The Hall–Kier alpha value is -4.88. The van der Waals surface area contributed by atoms with Crippen LogP contribution in [0.5, 0.6) is 0 Å². The Kier molecular flexibility index (Phi) is 38.7. The number of rotatable bonds is 45. The molecule has 3 fully saturated rings. The van der Waals surface area contributed by atoms with E-state index in [0.717, 1.165) is 0 Å². The van der Waals surface area contributed by atoms with Crippen LogP contribution in [0, 0.1) is 17.8 Å². The predicted octanol–water partition coefficient (Wildman–Crippen LogP) is -5.18. The second kappa shape index (κ2) is 43.9. The van der Waals surface area contributed by atoms with Crippen molar-refractivity contribution in [2.75, 3.05) is 99.2 Å². The third-order valence-electron chi connectivity index (χ3n) is 15.9. The molecule has 0 radical (unpaired) electrons. The van der Waals surface area contributed by atoms with Gasteiger partial charge in [-0.05, 0) is 51.4 Å². The zero-order chi connectivity index (χ0) is 66.6. The first-order chi connectivity index (χ1) is 43.0. The van der Waals surface area contributed by atoms with Crippen molar-refractivity contribution in [3.05, 3.63) is 0 Å². The number of methoxy groups -OCH3 is 1. The van der Waals surface area contributed by atoms with Gasteiger partial charge in [0.15, 0.2) is 18.9 Å². The number of hydrogen-bond donors (Lipinski definition) is 17. The van der Waals surface area contributed by atoms with Crippen LogP contribution in [0.15, 0.2) is 0 Å². The van der Waals surface area contributed by atoms with E-state index in [4.69, 9.17) is 33.2 Å². The summed E-state index contributed by atoms with van der Waals surface area (Å²) >= 11 is 0. The standard InChI is InChI=1S/C58H104N8O24/c1-35-49(78)52(81)38(32-67)88-55(35)85-29-9-26-64-45(74)15-27-65-44(73)14-20-58(66-48(77)11-5-10-41(70)63-25-8-28-84-4,18-12-42(71)59-21-6-23-61-46(75)16-30-86-56-36(2)50(79)53(82)39(33-68)89-56)19-13-43(72)60-22-7-24-62-47(76)17-31-87-57-37(3)51(80)54(83)40(34-69)90-57/h35-40,49-57,67-69,78-83H,5-34H2,1-4H3,(H,59,71)(H,60,72)(H,61,75)(H,62,76)(H,63,70)(H,64,74)(H,65,73)(H,66,77)/t35?,36?,37?,38?,39?,40?,49-,50-,51-,52+,53+,54+,55-,56-,57-,58?/m1/s1. The number of carbonyl (C=O) groups excluding carboxylic acids is 8. The molecule has 8 amide bonds. The van der Waals surface area contributed by atoms with Crippen molar-refractivity contribution in [2.45, 2.75) is 203 Å². The highest BCUT2D eigenvalue weighted by Crippen LogP contribution is 2.30. The van der Waals surface area contributed by atoms with Gasteiger partial charge in [0.2, 0.25) is 47.3 Å². The highest BCUT2D eigenvalue weighted by atomic mass is 16.7. The molecule has 32 heteroatoms. The van der Waals surface area contributed by atoms with E-state index in [1.165, 1.54) is 0 Å². The fraction of sp³-hybridized carbons (Fsp3) is 0.862. The van der Waals surface area contributed by atoms with Crippen LogP contribution in [0.2, 0.25) is 0 Å². The van der Waals surface area contributed by atoms with Gasteiger partial charge in [-0.2, -0.15) is 0 Å². The maximum atomic E-state index is 13.8. The lowest BCUT2D eigenvalue weighted by Crippen LogP contribution is -2.55. The number of nitrogens with one attached hydrogen (secondary N) is 8. The molecule has 0 aliphatic carbocycles. The minimum atomic E-state index is -1.34. The van der Waals surface area contributed by atoms with Crippen molar-refractivity contribution < 1.29 is 117 Å². The SMILES string of the molecule is COCCCNC(=O)CCCC(=O)NC(CCC(=O)NCCCNC(=O)CCO[C@@H]1OC(CO)[C@H](O)[C@H](O)C1C)(CCC(=O)NCCCNC(=O)CCO[C@@H]1OC(CO)[C@H](O)[C@H](O)C1C)CCC(=O)NCCC(=O)NCCCO[C@@H]1OC(CO)[C@H](O)[C@H](O)C1C. The molecule has 0 aromatic rings. The van der Waals surface area contributed by atoms with Crippen LogP contribution in [0.3, 0.4) is 0 Å². The van der Waals surface area contributed by atoms with Gasteiger partial charge in [0.1, 0.15) is 36.6 Å². The van der Waals surface area contributed by atoms with E-state index in [1.807, 2.05) is 0 Å². The van der Waals surface area contributed by atoms with Gasteiger partial charge in [0.05, 0.1) is 70.8 Å². The first kappa shape index (κ1) is 79.4. The van der Waals surface area contributed by atoms with Crippen LogP contribution >= 0.6 is 0 Å². The Morgan fingerprint density at radius 3 is 1.02 bits per heavy atom. The minimum Gasteiger partial charge on any atom is -0.394 e. The number of ether oxygens (including phenoxy) is 7. The van der Waals surface area contributed by atoms with Crippen molar-refractivity contribution in [1.29, 1.82) is 0 Å². The lowest BCUT2D eigenvalue weighted by atomic mass is 9.82. The Bertz CT molecular complexity index is 2060. The average molecular weight is 1300 g/mol. The third-order valence-corrected chi connectivity index (χ3v) is 15.9. The molecule has 0 aromatic heterocycles. The van der Waals surface area contributed by atoms with E-state index in [0.29, 0.717) is 38.8 Å². The van der Waals surface area contributed by atoms with E-state index in [1.54, 1.807) is 27.9 Å². The van der Waals surface area contributed by atoms with Crippen LogP contribution in [-0.2, 0) is 71.5 Å². The van der Waals surface area contributed by atoms with E-state index in [-0.39, 0.29) is 160 Å². The first-order valence-electron chi connectivity index (χ1n) is 31.4. The lowest BCUT2D eigenvalue weighted by molar-refractivity contribution is -0.282. The van der Waals surface area contributed by atoms with Crippen molar-refractivity contribution in [2.24, 2.45) is 17.8 Å². The summed E-state index contributed by atoms with van der Waals surface area (Å²) in [4.78, 5) is 105. The average Bonchev–Trinajstić information content (AvgIpc) is 1.24. The fourth-order valence-electron chi connectivity index (χ4n) is 10.1. The second-order valence-corrected chi connectivity index (χ2v) is 23.1. The molecule has 3 heterocycles. The predicted molar refractivity (Wildman–Crippen MR) is 316 cm³/mol. The maximum absolute atomic E-state index is 13.8. The largest absolute Gasteiger partial charge is 0.394 e. The number of aliphatic hydroxyl groups is 9. The molecule has 0 bridgehead atoms. The van der Waals surface area contributed by atoms with Gasteiger partial charge >= 0.3 is 0 Å². The Labute approximate surface area is 525 Å². The molecule has 0 spiro atoms. The van der Waals surface area contributed by atoms with Gasteiger partial charge < -0.3 is 122 Å². The van der Waals surface area contributed by atoms with Crippen LogP contribution in [-0.4, -0.2) is 272 Å². The lowest BCUT2D eigenvalue weighted by Gasteiger charge is -2.40. The van der Waals surface area contributed by atoms with Crippen LogP contribution < -0.4 is 42.5 Å². The highest BCUT2D eigenvalue weighted by Gasteiger charge is 2.45. The molecule has 90 heavy (non-hydrogen) atoms. The smallest absolute Gasteiger partial charge is 0.222 e. The number of hydrogen-bond acceptors (Lipinski definition) is 24. The van der Waals surface area contributed by atoms with Crippen molar-refractivity contribution in [3.63, 3.8) is 0 Å². The highest BCUT2D eigenvalue weighted by molar-refractivity contribution is 5.82. The van der Waals surface area contributed by atoms with Crippen molar-refractivity contribution in [3.8, 4) is 0 Å². The molecule has 6 unspecified atom stereocenters. The van der Waals surface area contributed by atoms with Crippen LogP contribution in [0.1, 0.15) is 124 Å². The Morgan fingerprint density at radius 1 is 0.356 bits per heavy atom. The molecule has 520 valence electrons. The molecule has 3 aliphatic heterocycles. The van der Waals surface area contributed by atoms with E-state index in [9.17, 15) is 84.3 Å². The minimum absolute atomic E-state index is 0.0241. The van der Waals surface area contributed by atoms with E-state index in [2.05, 4.69) is 42.5 Å². The molecule has 3 saturated heterocycles. The zero-order valence-electron chi connectivity index (χ0n) is 52.5. The third kappa shape index (κ3) is 29.4. The molecule has 0 saturated carbocycles. The fourth-order valence-corrected chi connectivity index (χ4v) is 10.1. The van der Waals surface area contributed by atoms with Gasteiger partial charge in [-0.3, -0.25) is 38.4 Å². The quantitative estimate of drug-likeness (QED) is 0.0254. The summed E-state index contributed by atoms with van der Waals surface area (Å²) in [5.41, 5.74) is -1.34. The summed E-state index contributed by atoms with van der Waals surface area (Å²) in [6.07, 6.45) is -12.8. The molecule has 3 rings (SSSR count). The Balaban J connectivity index is 1.61. The summed E-state index contributed by atoms with van der Waals surface area (Å²) in [6, 6.07) is 0. The van der Waals surface area contributed by atoms with Gasteiger partial charge in [0.25, 0.3) is 0 Å². The maximum Gasteiger partial charge on any atom is 0.222 e. The first-order valence-corrected chi connectivity index (χ1v) is 31.4. The topological polar surface area (TPSA) is 479 Å². The number of carbonyl (C=O) groups is 8. The number of aliphatic hydroxyl groups excluding tert-OH is 9. The van der Waals surface area contributed by atoms with Gasteiger partial charge in [-0.1, -0.05) is 20.8 Å². The van der Waals surface area contributed by atoms with Crippen LogP contribution in [0.25, 0.3) is 0 Å². The molecular weight excluding hydrogens is 1190 g/mol. The molecule has 0 aromatic carbocycles. The molecule has 17 N–H and O–H groups in total. The van der Waals surface area contributed by atoms with E-state index >= 15 is 0 Å². The monoisotopic (exact) mass is 1300 g/mol. The normalized spacial score (nSPS) is 27.3. The Morgan fingerprint density at radius 2 is 0.656 bits per heavy atom.